The standard InChI is InChI=1S/C17H23N3O2/c1-11-5-4-6-12(7-11)19-17-10-18-13-8-15(21-2)16(22-3)9-14(13)20-17/h8-12H,4-7H2,1-3H3,(H,19,20)/t11-,12?/m1/s1. The van der Waals surface area contributed by atoms with Gasteiger partial charge >= 0.3 is 0 Å². The summed E-state index contributed by atoms with van der Waals surface area (Å²) in [5.41, 5.74) is 1.62. The van der Waals surface area contributed by atoms with Crippen LogP contribution in [0.1, 0.15) is 32.6 Å². The van der Waals surface area contributed by atoms with E-state index in [1.54, 1.807) is 20.4 Å². The number of hydrogen-bond acceptors (Lipinski definition) is 5. The van der Waals surface area contributed by atoms with E-state index >= 15 is 0 Å². The van der Waals surface area contributed by atoms with E-state index < -0.39 is 0 Å². The molecule has 118 valence electrons. The molecular formula is C17H23N3O2. The van der Waals surface area contributed by atoms with Gasteiger partial charge < -0.3 is 14.8 Å². The number of benzene rings is 1. The number of nitrogens with one attached hydrogen (secondary N) is 1. The zero-order valence-electron chi connectivity index (χ0n) is 13.4. The van der Waals surface area contributed by atoms with Crippen LogP contribution >= 0.6 is 0 Å². The molecule has 0 bridgehead atoms. The molecule has 0 spiro atoms. The van der Waals surface area contributed by atoms with Crippen LogP contribution < -0.4 is 14.8 Å². The highest BCUT2D eigenvalue weighted by atomic mass is 16.5. The smallest absolute Gasteiger partial charge is 0.163 e. The zero-order valence-corrected chi connectivity index (χ0v) is 13.4. The topological polar surface area (TPSA) is 56.3 Å². The Morgan fingerprint density at radius 1 is 1.09 bits per heavy atom. The number of aromatic nitrogens is 2. The number of ether oxygens (including phenoxy) is 2. The van der Waals surface area contributed by atoms with Crippen molar-refractivity contribution in [1.82, 2.24) is 9.97 Å². The molecule has 1 fully saturated rings. The van der Waals surface area contributed by atoms with Crippen LogP contribution in [0.15, 0.2) is 18.3 Å². The van der Waals surface area contributed by atoms with Gasteiger partial charge in [0, 0.05) is 18.2 Å². The lowest BCUT2D eigenvalue weighted by Crippen LogP contribution is -2.26. The maximum absolute atomic E-state index is 5.34. The van der Waals surface area contributed by atoms with Gasteiger partial charge in [-0.25, -0.2) is 4.98 Å². The van der Waals surface area contributed by atoms with Gasteiger partial charge in [-0.05, 0) is 18.8 Å². The van der Waals surface area contributed by atoms with Gasteiger partial charge in [-0.3, -0.25) is 4.98 Å². The molecule has 2 atom stereocenters. The Hall–Kier alpha value is -2.04. The molecule has 0 aliphatic heterocycles. The Morgan fingerprint density at radius 3 is 2.50 bits per heavy atom. The van der Waals surface area contributed by atoms with Crippen LogP contribution in [-0.2, 0) is 0 Å². The van der Waals surface area contributed by atoms with Crippen molar-refractivity contribution >= 4 is 16.9 Å². The molecule has 1 aromatic carbocycles. The summed E-state index contributed by atoms with van der Waals surface area (Å²) in [6, 6.07) is 4.22. The minimum absolute atomic E-state index is 0.496. The van der Waals surface area contributed by atoms with Crippen LogP contribution in [0.3, 0.4) is 0 Å². The van der Waals surface area contributed by atoms with E-state index in [1.165, 1.54) is 25.7 Å². The third-order valence-corrected chi connectivity index (χ3v) is 4.34. The first-order chi connectivity index (χ1) is 10.7. The Labute approximate surface area is 131 Å². The molecule has 1 heterocycles. The maximum atomic E-state index is 5.34. The number of rotatable bonds is 4. The molecule has 1 N–H and O–H groups in total. The Bertz CT molecular complexity index is 660. The first kappa shape index (κ1) is 14.9. The number of anilines is 1. The van der Waals surface area contributed by atoms with Gasteiger partial charge in [-0.15, -0.1) is 0 Å². The van der Waals surface area contributed by atoms with Crippen LogP contribution in [0.4, 0.5) is 5.82 Å². The van der Waals surface area contributed by atoms with Gasteiger partial charge in [0.05, 0.1) is 31.4 Å². The second-order valence-corrected chi connectivity index (χ2v) is 6.06. The third-order valence-electron chi connectivity index (χ3n) is 4.34. The SMILES string of the molecule is COc1cc2ncc(NC3CCC[C@@H](C)C3)nc2cc1OC. The van der Waals surface area contributed by atoms with Crippen molar-refractivity contribution < 1.29 is 9.47 Å². The van der Waals surface area contributed by atoms with E-state index in [1.807, 2.05) is 12.1 Å². The number of hydrogen-bond donors (Lipinski definition) is 1. The summed E-state index contributed by atoms with van der Waals surface area (Å²) in [6.07, 6.45) is 6.82. The summed E-state index contributed by atoms with van der Waals surface area (Å²) >= 11 is 0. The molecule has 3 rings (SSSR count). The maximum Gasteiger partial charge on any atom is 0.163 e. The van der Waals surface area contributed by atoms with Gasteiger partial charge in [0.2, 0.25) is 0 Å². The van der Waals surface area contributed by atoms with Crippen molar-refractivity contribution in [3.05, 3.63) is 18.3 Å². The molecule has 5 nitrogen and oxygen atoms in total. The number of methoxy groups -OCH3 is 2. The van der Waals surface area contributed by atoms with Crippen molar-refractivity contribution in [1.29, 1.82) is 0 Å². The van der Waals surface area contributed by atoms with Gasteiger partial charge in [0.1, 0.15) is 5.82 Å². The van der Waals surface area contributed by atoms with Crippen molar-refractivity contribution in [2.45, 2.75) is 38.6 Å². The van der Waals surface area contributed by atoms with E-state index in [4.69, 9.17) is 9.47 Å². The lowest BCUT2D eigenvalue weighted by atomic mass is 9.87. The summed E-state index contributed by atoms with van der Waals surface area (Å²) in [6.45, 7) is 2.32. The molecule has 1 aromatic heterocycles. The normalized spacial score (nSPS) is 21.6. The molecule has 22 heavy (non-hydrogen) atoms. The molecule has 0 saturated heterocycles. The lowest BCUT2D eigenvalue weighted by molar-refractivity contribution is 0.355. The fourth-order valence-electron chi connectivity index (χ4n) is 3.18. The van der Waals surface area contributed by atoms with Gasteiger partial charge in [-0.1, -0.05) is 19.8 Å². The Morgan fingerprint density at radius 2 is 1.82 bits per heavy atom. The Kier molecular flexibility index (Phi) is 4.32. The fraction of sp³-hybridized carbons (Fsp3) is 0.529. The summed E-state index contributed by atoms with van der Waals surface area (Å²) in [4.78, 5) is 9.16. The van der Waals surface area contributed by atoms with E-state index in [9.17, 15) is 0 Å². The second kappa shape index (κ2) is 6.38. The minimum atomic E-state index is 0.496. The molecule has 1 aliphatic rings. The average molecular weight is 301 g/mol. The molecule has 5 heteroatoms. The molecule has 0 amide bonds. The van der Waals surface area contributed by atoms with Crippen LogP contribution in [0.25, 0.3) is 11.0 Å². The Balaban J connectivity index is 1.85. The molecule has 2 aromatic rings. The van der Waals surface area contributed by atoms with Crippen LogP contribution in [0, 0.1) is 5.92 Å². The van der Waals surface area contributed by atoms with E-state index in [0.717, 1.165) is 22.8 Å². The van der Waals surface area contributed by atoms with E-state index in [-0.39, 0.29) is 0 Å². The monoisotopic (exact) mass is 301 g/mol. The lowest BCUT2D eigenvalue weighted by Gasteiger charge is -2.27. The second-order valence-electron chi connectivity index (χ2n) is 6.06. The van der Waals surface area contributed by atoms with Crippen molar-refractivity contribution in [2.24, 2.45) is 5.92 Å². The molecule has 0 radical (unpaired) electrons. The molecule has 1 unspecified atom stereocenters. The third kappa shape index (κ3) is 3.08. The van der Waals surface area contributed by atoms with Crippen molar-refractivity contribution in [2.75, 3.05) is 19.5 Å². The van der Waals surface area contributed by atoms with Crippen LogP contribution in [0.2, 0.25) is 0 Å². The highest BCUT2D eigenvalue weighted by Gasteiger charge is 2.19. The average Bonchev–Trinajstić information content (AvgIpc) is 2.53. The molecule has 1 saturated carbocycles. The fourth-order valence-corrected chi connectivity index (χ4v) is 3.18. The highest BCUT2D eigenvalue weighted by Crippen LogP contribution is 2.31. The molecular weight excluding hydrogens is 278 g/mol. The van der Waals surface area contributed by atoms with Crippen LogP contribution in [-0.4, -0.2) is 30.2 Å². The quantitative estimate of drug-likeness (QED) is 0.934. The van der Waals surface area contributed by atoms with Gasteiger partial charge in [0.25, 0.3) is 0 Å². The number of fused-ring (bicyclic) bond motifs is 1. The predicted molar refractivity (Wildman–Crippen MR) is 87.7 cm³/mol. The zero-order chi connectivity index (χ0) is 15.5. The minimum Gasteiger partial charge on any atom is -0.493 e. The van der Waals surface area contributed by atoms with Gasteiger partial charge in [-0.2, -0.15) is 0 Å². The van der Waals surface area contributed by atoms with Crippen molar-refractivity contribution in [3.8, 4) is 11.5 Å². The summed E-state index contributed by atoms with van der Waals surface area (Å²) in [5.74, 6) is 2.96. The summed E-state index contributed by atoms with van der Waals surface area (Å²) in [7, 11) is 3.25. The summed E-state index contributed by atoms with van der Waals surface area (Å²) in [5, 5.41) is 3.52. The molecule has 1 aliphatic carbocycles. The first-order valence-corrected chi connectivity index (χ1v) is 7.85. The largest absolute Gasteiger partial charge is 0.493 e. The van der Waals surface area contributed by atoms with E-state index in [0.29, 0.717) is 17.5 Å². The van der Waals surface area contributed by atoms with Crippen molar-refractivity contribution in [3.63, 3.8) is 0 Å². The summed E-state index contributed by atoms with van der Waals surface area (Å²) < 4.78 is 10.6. The predicted octanol–water partition coefficient (Wildman–Crippen LogP) is 3.64. The van der Waals surface area contributed by atoms with E-state index in [2.05, 4.69) is 22.2 Å². The first-order valence-electron chi connectivity index (χ1n) is 7.85. The van der Waals surface area contributed by atoms with Crippen LogP contribution in [0.5, 0.6) is 11.5 Å². The highest BCUT2D eigenvalue weighted by molar-refractivity contribution is 5.80. The van der Waals surface area contributed by atoms with Gasteiger partial charge in [0.15, 0.2) is 11.5 Å². The number of nitrogens with zero attached hydrogens (tertiary/aromatic N) is 2.